The van der Waals surface area contributed by atoms with Crippen molar-refractivity contribution in [2.75, 3.05) is 56.6 Å². The van der Waals surface area contributed by atoms with E-state index in [1.54, 1.807) is 11.3 Å². The monoisotopic (exact) mass is 359 g/mol. The Morgan fingerprint density at radius 3 is 2.52 bits per heavy atom. The highest BCUT2D eigenvalue weighted by atomic mass is 32.1. The highest BCUT2D eigenvalue weighted by molar-refractivity contribution is 7.13. The van der Waals surface area contributed by atoms with Crippen LogP contribution in [0.5, 0.6) is 0 Å². The van der Waals surface area contributed by atoms with Gasteiger partial charge in [0.25, 0.3) is 0 Å². The number of hydrogen-bond donors (Lipinski definition) is 1. The van der Waals surface area contributed by atoms with Gasteiger partial charge < -0.3 is 15.1 Å². The Morgan fingerprint density at radius 2 is 1.92 bits per heavy atom. The number of nitrogens with zero attached hydrogens (tertiary/aromatic N) is 4. The van der Waals surface area contributed by atoms with E-state index in [9.17, 15) is 4.79 Å². The fourth-order valence-electron chi connectivity index (χ4n) is 2.84. The molecule has 0 bridgehead atoms. The van der Waals surface area contributed by atoms with E-state index in [0.717, 1.165) is 42.6 Å². The predicted octanol–water partition coefficient (Wildman–Crippen LogP) is 1.65. The molecular formula is C18H25N5OS. The molecule has 1 aliphatic rings. The number of amides is 1. The molecule has 1 aliphatic heterocycles. The number of piperazine rings is 1. The van der Waals surface area contributed by atoms with Gasteiger partial charge in [-0.15, -0.1) is 11.3 Å². The maximum atomic E-state index is 12.2. The summed E-state index contributed by atoms with van der Waals surface area (Å²) in [4.78, 5) is 23.1. The van der Waals surface area contributed by atoms with Crippen LogP contribution in [-0.2, 0) is 11.3 Å². The quantitative estimate of drug-likeness (QED) is 0.850. The molecule has 1 aromatic carbocycles. The second-order valence-electron chi connectivity index (χ2n) is 6.42. The molecule has 1 aromatic heterocycles. The zero-order chi connectivity index (χ0) is 17.6. The van der Waals surface area contributed by atoms with E-state index < -0.39 is 0 Å². The maximum Gasteiger partial charge on any atom is 0.234 e. The lowest BCUT2D eigenvalue weighted by atomic mass is 10.2. The molecule has 1 saturated heterocycles. The molecule has 6 nitrogen and oxygen atoms in total. The van der Waals surface area contributed by atoms with Crippen molar-refractivity contribution in [3.05, 3.63) is 41.4 Å². The van der Waals surface area contributed by atoms with Crippen molar-refractivity contribution in [3.8, 4) is 0 Å². The lowest BCUT2D eigenvalue weighted by Gasteiger charge is -2.34. The molecule has 2 aromatic rings. The van der Waals surface area contributed by atoms with Crippen LogP contribution in [0.3, 0.4) is 0 Å². The predicted molar refractivity (Wildman–Crippen MR) is 103 cm³/mol. The molecule has 25 heavy (non-hydrogen) atoms. The third kappa shape index (κ3) is 4.93. The van der Waals surface area contributed by atoms with Crippen molar-refractivity contribution in [2.24, 2.45) is 0 Å². The minimum Gasteiger partial charge on any atom is -0.378 e. The average Bonchev–Trinajstić information content (AvgIpc) is 3.15. The molecule has 1 N–H and O–H groups in total. The number of nitrogens with one attached hydrogen (secondary N) is 1. The molecule has 2 heterocycles. The Morgan fingerprint density at radius 1 is 1.20 bits per heavy atom. The molecule has 0 unspecified atom stereocenters. The summed E-state index contributed by atoms with van der Waals surface area (Å²) < 4.78 is 0. The first-order valence-corrected chi connectivity index (χ1v) is 9.39. The second kappa shape index (κ2) is 8.31. The summed E-state index contributed by atoms with van der Waals surface area (Å²) in [5, 5.41) is 6.09. The summed E-state index contributed by atoms with van der Waals surface area (Å²) in [5.74, 6) is 0.0828. The molecule has 0 radical (unpaired) electrons. The van der Waals surface area contributed by atoms with Gasteiger partial charge in [0.1, 0.15) is 0 Å². The van der Waals surface area contributed by atoms with E-state index in [4.69, 9.17) is 0 Å². The van der Waals surface area contributed by atoms with Gasteiger partial charge in [-0.2, -0.15) is 0 Å². The SMILES string of the molecule is CN(C)c1ccc(CNC(=O)CN2CCN(c3nccs3)CC2)cc1. The van der Waals surface area contributed by atoms with Crippen molar-refractivity contribution >= 4 is 28.1 Å². The molecule has 3 rings (SSSR count). The maximum absolute atomic E-state index is 12.2. The largest absolute Gasteiger partial charge is 0.378 e. The number of thiazole rings is 1. The number of carbonyl (C=O) groups is 1. The van der Waals surface area contributed by atoms with Crippen LogP contribution < -0.4 is 15.1 Å². The normalized spacial score (nSPS) is 15.2. The number of anilines is 2. The van der Waals surface area contributed by atoms with Gasteiger partial charge in [-0.25, -0.2) is 4.98 Å². The zero-order valence-corrected chi connectivity index (χ0v) is 15.6. The van der Waals surface area contributed by atoms with Crippen LogP contribution in [0, 0.1) is 0 Å². The molecule has 1 amide bonds. The van der Waals surface area contributed by atoms with E-state index in [0.29, 0.717) is 13.1 Å². The van der Waals surface area contributed by atoms with Crippen LogP contribution in [0.2, 0.25) is 0 Å². The second-order valence-corrected chi connectivity index (χ2v) is 7.29. The topological polar surface area (TPSA) is 51.7 Å². The Labute approximate surface area is 153 Å². The van der Waals surface area contributed by atoms with Gasteiger partial charge in [-0.05, 0) is 17.7 Å². The summed E-state index contributed by atoms with van der Waals surface area (Å²) in [6, 6.07) is 8.25. The van der Waals surface area contributed by atoms with Crippen molar-refractivity contribution in [2.45, 2.75) is 6.54 Å². The lowest BCUT2D eigenvalue weighted by molar-refractivity contribution is -0.122. The number of hydrogen-bond acceptors (Lipinski definition) is 6. The van der Waals surface area contributed by atoms with Gasteiger partial charge in [0.05, 0.1) is 6.54 Å². The minimum atomic E-state index is 0.0828. The van der Waals surface area contributed by atoms with Crippen LogP contribution in [-0.4, -0.2) is 62.6 Å². The molecule has 7 heteroatoms. The Hall–Kier alpha value is -2.12. The zero-order valence-electron chi connectivity index (χ0n) is 14.8. The Balaban J connectivity index is 1.39. The highest BCUT2D eigenvalue weighted by Crippen LogP contribution is 2.18. The van der Waals surface area contributed by atoms with Crippen molar-refractivity contribution < 1.29 is 4.79 Å². The molecule has 0 aliphatic carbocycles. The number of carbonyl (C=O) groups excluding carboxylic acids is 1. The van der Waals surface area contributed by atoms with Crippen molar-refractivity contribution in [1.82, 2.24) is 15.2 Å². The average molecular weight is 359 g/mol. The third-order valence-corrected chi connectivity index (χ3v) is 5.20. The molecule has 134 valence electrons. The number of aromatic nitrogens is 1. The first kappa shape index (κ1) is 17.7. The summed E-state index contributed by atoms with van der Waals surface area (Å²) >= 11 is 1.67. The fraction of sp³-hybridized carbons (Fsp3) is 0.444. The van der Waals surface area contributed by atoms with Gasteiger partial charge in [0, 0.05) is 64.1 Å². The van der Waals surface area contributed by atoms with Crippen LogP contribution in [0.25, 0.3) is 0 Å². The van der Waals surface area contributed by atoms with Crippen LogP contribution in [0.1, 0.15) is 5.56 Å². The summed E-state index contributed by atoms with van der Waals surface area (Å²) in [6.07, 6.45) is 1.84. The van der Waals surface area contributed by atoms with E-state index in [2.05, 4.69) is 49.3 Å². The molecule has 0 saturated carbocycles. The first-order chi connectivity index (χ1) is 12.1. The van der Waals surface area contributed by atoms with Gasteiger partial charge in [-0.1, -0.05) is 12.1 Å². The van der Waals surface area contributed by atoms with Crippen LogP contribution in [0.4, 0.5) is 10.8 Å². The van der Waals surface area contributed by atoms with Crippen molar-refractivity contribution in [1.29, 1.82) is 0 Å². The highest BCUT2D eigenvalue weighted by Gasteiger charge is 2.20. The summed E-state index contributed by atoms with van der Waals surface area (Å²) in [7, 11) is 4.04. The molecule has 0 atom stereocenters. The van der Waals surface area contributed by atoms with Crippen LogP contribution in [0.15, 0.2) is 35.8 Å². The van der Waals surface area contributed by atoms with Crippen LogP contribution >= 0.6 is 11.3 Å². The summed E-state index contributed by atoms with van der Waals surface area (Å²) in [6.45, 7) is 4.67. The van der Waals surface area contributed by atoms with Gasteiger partial charge in [0.2, 0.25) is 5.91 Å². The molecular weight excluding hydrogens is 334 g/mol. The van der Waals surface area contributed by atoms with E-state index >= 15 is 0 Å². The van der Waals surface area contributed by atoms with E-state index in [-0.39, 0.29) is 5.91 Å². The standard InChI is InChI=1S/C18H25N5OS/c1-21(2)16-5-3-15(4-6-16)13-20-17(24)14-22-8-10-23(11-9-22)18-19-7-12-25-18/h3-7,12H,8-11,13-14H2,1-2H3,(H,20,24). The van der Waals surface area contributed by atoms with Gasteiger partial charge in [-0.3, -0.25) is 9.69 Å². The molecule has 1 fully saturated rings. The first-order valence-electron chi connectivity index (χ1n) is 8.51. The molecule has 0 spiro atoms. The smallest absolute Gasteiger partial charge is 0.234 e. The van der Waals surface area contributed by atoms with Gasteiger partial charge in [0.15, 0.2) is 5.13 Å². The number of rotatable bonds is 6. The Bertz CT molecular complexity index is 663. The fourth-order valence-corrected chi connectivity index (χ4v) is 3.54. The van der Waals surface area contributed by atoms with Gasteiger partial charge >= 0.3 is 0 Å². The van der Waals surface area contributed by atoms with E-state index in [1.165, 1.54) is 0 Å². The Kier molecular flexibility index (Phi) is 5.88. The van der Waals surface area contributed by atoms with E-state index in [1.807, 2.05) is 25.7 Å². The van der Waals surface area contributed by atoms with Crippen molar-refractivity contribution in [3.63, 3.8) is 0 Å². The number of benzene rings is 1. The summed E-state index contributed by atoms with van der Waals surface area (Å²) in [5.41, 5.74) is 2.28. The lowest BCUT2D eigenvalue weighted by Crippen LogP contribution is -2.49. The third-order valence-electron chi connectivity index (χ3n) is 4.37. The minimum absolute atomic E-state index is 0.0828.